The Morgan fingerprint density at radius 1 is 0.973 bits per heavy atom. The highest BCUT2D eigenvalue weighted by Gasteiger charge is 2.17. The number of nitrogens with one attached hydrogen (secondary N) is 2. The SMILES string of the molecule is O=C(NCc1ccccc1)c1coc(CN(CCc2c[nH]c3ccccc23)Cc2ccc(Cl)cc2Cl)n1. The fourth-order valence-corrected chi connectivity index (χ4v) is 4.74. The molecule has 0 spiro atoms. The number of hydrogen-bond donors (Lipinski definition) is 2. The van der Waals surface area contributed by atoms with Crippen LogP contribution in [0.25, 0.3) is 10.9 Å². The van der Waals surface area contributed by atoms with Gasteiger partial charge in [-0.2, -0.15) is 0 Å². The highest BCUT2D eigenvalue weighted by Crippen LogP contribution is 2.24. The van der Waals surface area contributed by atoms with Gasteiger partial charge in [-0.25, -0.2) is 4.98 Å². The number of carbonyl (C=O) groups excluding carboxylic acids is 1. The molecule has 0 saturated carbocycles. The Labute approximate surface area is 225 Å². The highest BCUT2D eigenvalue weighted by atomic mass is 35.5. The normalized spacial score (nSPS) is 11.3. The van der Waals surface area contributed by atoms with Crippen molar-refractivity contribution in [2.75, 3.05) is 6.54 Å². The predicted octanol–water partition coefficient (Wildman–Crippen LogP) is 6.64. The van der Waals surface area contributed by atoms with Crippen molar-refractivity contribution >= 4 is 40.0 Å². The van der Waals surface area contributed by atoms with Crippen LogP contribution in [0.5, 0.6) is 0 Å². The molecule has 0 unspecified atom stereocenters. The maximum Gasteiger partial charge on any atom is 0.273 e. The Bertz CT molecular complexity index is 1500. The minimum atomic E-state index is -0.273. The molecular formula is C29H26Cl2N4O2. The summed E-state index contributed by atoms with van der Waals surface area (Å²) in [6.45, 7) is 2.16. The third-order valence-corrected chi connectivity index (χ3v) is 6.81. The first-order valence-corrected chi connectivity index (χ1v) is 12.8. The van der Waals surface area contributed by atoms with Crippen LogP contribution in [0.2, 0.25) is 10.0 Å². The van der Waals surface area contributed by atoms with Gasteiger partial charge in [0.1, 0.15) is 6.26 Å². The van der Waals surface area contributed by atoms with Crippen LogP contribution < -0.4 is 5.32 Å². The number of hydrogen-bond acceptors (Lipinski definition) is 4. The Kier molecular flexibility index (Phi) is 7.90. The Morgan fingerprint density at radius 3 is 2.62 bits per heavy atom. The van der Waals surface area contributed by atoms with Crippen LogP contribution in [0, 0.1) is 0 Å². The topological polar surface area (TPSA) is 74.2 Å². The summed E-state index contributed by atoms with van der Waals surface area (Å²) < 4.78 is 5.69. The van der Waals surface area contributed by atoms with Crippen molar-refractivity contribution in [3.05, 3.63) is 124 Å². The number of H-pyrrole nitrogens is 1. The smallest absolute Gasteiger partial charge is 0.273 e. The number of amides is 1. The highest BCUT2D eigenvalue weighted by molar-refractivity contribution is 6.35. The average Bonchev–Trinajstić information content (AvgIpc) is 3.55. The van der Waals surface area contributed by atoms with Crippen molar-refractivity contribution in [3.63, 3.8) is 0 Å². The Hall–Kier alpha value is -3.58. The summed E-state index contributed by atoms with van der Waals surface area (Å²) in [5.41, 5.74) is 4.58. The minimum absolute atomic E-state index is 0.257. The van der Waals surface area contributed by atoms with Crippen molar-refractivity contribution in [3.8, 4) is 0 Å². The van der Waals surface area contributed by atoms with E-state index in [9.17, 15) is 4.79 Å². The molecule has 6 nitrogen and oxygen atoms in total. The molecule has 0 aliphatic rings. The number of fused-ring (bicyclic) bond motifs is 1. The molecule has 5 aromatic rings. The first kappa shape index (κ1) is 25.1. The van der Waals surface area contributed by atoms with E-state index >= 15 is 0 Å². The second-order valence-electron chi connectivity index (χ2n) is 8.85. The van der Waals surface area contributed by atoms with Gasteiger partial charge in [-0.1, -0.05) is 77.8 Å². The lowest BCUT2D eigenvalue weighted by atomic mass is 10.1. The van der Waals surface area contributed by atoms with E-state index in [0.717, 1.165) is 29.6 Å². The van der Waals surface area contributed by atoms with Crippen molar-refractivity contribution < 1.29 is 9.21 Å². The maximum absolute atomic E-state index is 12.6. The molecule has 0 saturated heterocycles. The second kappa shape index (κ2) is 11.6. The van der Waals surface area contributed by atoms with Gasteiger partial charge in [0.05, 0.1) is 6.54 Å². The van der Waals surface area contributed by atoms with Gasteiger partial charge in [-0.15, -0.1) is 0 Å². The summed E-state index contributed by atoms with van der Waals surface area (Å²) in [5.74, 6) is 0.193. The molecule has 2 N–H and O–H groups in total. The summed E-state index contributed by atoms with van der Waals surface area (Å²) >= 11 is 12.6. The summed E-state index contributed by atoms with van der Waals surface area (Å²) in [7, 11) is 0. The molecule has 3 aromatic carbocycles. The minimum Gasteiger partial charge on any atom is -0.447 e. The van der Waals surface area contributed by atoms with Crippen molar-refractivity contribution in [2.24, 2.45) is 0 Å². The van der Waals surface area contributed by atoms with Crippen LogP contribution in [0.4, 0.5) is 0 Å². The molecule has 1 amide bonds. The van der Waals surface area contributed by atoms with Gasteiger partial charge in [0, 0.05) is 46.8 Å². The molecule has 188 valence electrons. The van der Waals surface area contributed by atoms with E-state index in [1.807, 2.05) is 54.6 Å². The van der Waals surface area contributed by atoms with E-state index < -0.39 is 0 Å². The van der Waals surface area contributed by atoms with Crippen molar-refractivity contribution in [1.29, 1.82) is 0 Å². The Morgan fingerprint density at radius 2 is 1.78 bits per heavy atom. The lowest BCUT2D eigenvalue weighted by Crippen LogP contribution is -2.26. The van der Waals surface area contributed by atoms with E-state index in [1.54, 1.807) is 6.07 Å². The van der Waals surface area contributed by atoms with Crippen LogP contribution >= 0.6 is 23.2 Å². The number of oxazole rings is 1. The number of benzene rings is 3. The monoisotopic (exact) mass is 532 g/mol. The second-order valence-corrected chi connectivity index (χ2v) is 9.69. The number of carbonyl (C=O) groups is 1. The molecule has 2 heterocycles. The molecule has 2 aromatic heterocycles. The zero-order valence-corrected chi connectivity index (χ0v) is 21.6. The predicted molar refractivity (Wildman–Crippen MR) is 147 cm³/mol. The fourth-order valence-electron chi connectivity index (χ4n) is 4.27. The van der Waals surface area contributed by atoms with Crippen molar-refractivity contribution in [2.45, 2.75) is 26.1 Å². The van der Waals surface area contributed by atoms with Gasteiger partial charge in [0.2, 0.25) is 5.89 Å². The van der Waals surface area contributed by atoms with Gasteiger partial charge in [0.15, 0.2) is 5.69 Å². The van der Waals surface area contributed by atoms with Gasteiger partial charge >= 0.3 is 0 Å². The molecule has 37 heavy (non-hydrogen) atoms. The van der Waals surface area contributed by atoms with Gasteiger partial charge in [-0.05, 0) is 41.3 Å². The Balaban J connectivity index is 1.29. The lowest BCUT2D eigenvalue weighted by Gasteiger charge is -2.21. The van der Waals surface area contributed by atoms with E-state index in [1.165, 1.54) is 17.2 Å². The largest absolute Gasteiger partial charge is 0.447 e. The van der Waals surface area contributed by atoms with Crippen LogP contribution in [-0.2, 0) is 26.1 Å². The van der Waals surface area contributed by atoms with Gasteiger partial charge < -0.3 is 14.7 Å². The quantitative estimate of drug-likeness (QED) is 0.211. The maximum atomic E-state index is 12.6. The number of rotatable bonds is 10. The molecule has 0 radical (unpaired) electrons. The number of halogens is 2. The van der Waals surface area contributed by atoms with Crippen LogP contribution in [0.3, 0.4) is 0 Å². The summed E-state index contributed by atoms with van der Waals surface area (Å²) in [6, 6.07) is 23.5. The van der Waals surface area contributed by atoms with Crippen LogP contribution in [0.15, 0.2) is 89.7 Å². The van der Waals surface area contributed by atoms with Gasteiger partial charge in [0.25, 0.3) is 5.91 Å². The van der Waals surface area contributed by atoms with Crippen LogP contribution in [-0.4, -0.2) is 27.3 Å². The molecule has 0 bridgehead atoms. The summed E-state index contributed by atoms with van der Waals surface area (Å²) in [6.07, 6.45) is 4.28. The van der Waals surface area contributed by atoms with E-state index in [4.69, 9.17) is 27.6 Å². The number of aromatic amines is 1. The standard InChI is InChI=1S/C29H26Cl2N4O2/c30-23-11-10-22(25(31)14-23)17-35(13-12-21-16-32-26-9-5-4-8-24(21)26)18-28-34-27(19-37-28)29(36)33-15-20-6-2-1-3-7-20/h1-11,14,16,19,32H,12-13,15,17-18H2,(H,33,36). The van der Waals surface area contributed by atoms with E-state index in [-0.39, 0.29) is 11.6 Å². The van der Waals surface area contributed by atoms with E-state index in [0.29, 0.717) is 35.6 Å². The zero-order chi connectivity index (χ0) is 25.6. The lowest BCUT2D eigenvalue weighted by molar-refractivity contribution is 0.0945. The first-order chi connectivity index (χ1) is 18.0. The van der Waals surface area contributed by atoms with Crippen molar-refractivity contribution in [1.82, 2.24) is 20.2 Å². The molecule has 0 aliphatic heterocycles. The van der Waals surface area contributed by atoms with E-state index in [2.05, 4.69) is 38.5 Å². The summed E-state index contributed by atoms with van der Waals surface area (Å²) in [4.78, 5) is 22.6. The average molecular weight is 533 g/mol. The molecule has 5 rings (SSSR count). The summed E-state index contributed by atoms with van der Waals surface area (Å²) in [5, 5.41) is 5.30. The molecule has 8 heteroatoms. The first-order valence-electron chi connectivity index (χ1n) is 12.0. The third kappa shape index (κ3) is 6.41. The number of para-hydroxylation sites is 1. The number of nitrogens with zero attached hydrogens (tertiary/aromatic N) is 2. The van der Waals surface area contributed by atoms with Gasteiger partial charge in [-0.3, -0.25) is 9.69 Å². The zero-order valence-electron chi connectivity index (χ0n) is 20.1. The molecule has 0 atom stereocenters. The molecule has 0 fully saturated rings. The fraction of sp³-hybridized carbons (Fsp3) is 0.172. The van der Waals surface area contributed by atoms with Crippen LogP contribution in [0.1, 0.15) is 33.1 Å². The number of aromatic nitrogens is 2. The third-order valence-electron chi connectivity index (χ3n) is 6.22. The molecule has 0 aliphatic carbocycles. The molecular weight excluding hydrogens is 507 g/mol.